The minimum absolute atomic E-state index is 0.0197. The smallest absolute Gasteiger partial charge is 0.351 e. The number of aromatic nitrogens is 3. The number of rotatable bonds is 3. The van der Waals surface area contributed by atoms with E-state index in [2.05, 4.69) is 15.0 Å². The highest BCUT2D eigenvalue weighted by Crippen LogP contribution is 2.35. The minimum Gasteiger partial charge on any atom is -0.351 e. The molecule has 3 fully saturated rings. The van der Waals surface area contributed by atoms with Crippen molar-refractivity contribution in [3.63, 3.8) is 0 Å². The summed E-state index contributed by atoms with van der Waals surface area (Å²) in [5, 5.41) is 8.68. The molecule has 0 spiro atoms. The van der Waals surface area contributed by atoms with Crippen molar-refractivity contribution in [3.8, 4) is 0 Å². The number of halogens is 3. The van der Waals surface area contributed by atoms with E-state index in [1.165, 1.54) is 24.1 Å². The fraction of sp³-hybridized carbons (Fsp3) is 0.444. The molecule has 154 valence electrons. The molecule has 5 rings (SSSR count). The van der Waals surface area contributed by atoms with Gasteiger partial charge in [-0.25, -0.2) is 20.4 Å². The Labute approximate surface area is 164 Å². The van der Waals surface area contributed by atoms with Gasteiger partial charge in [-0.2, -0.15) is 13.2 Å². The normalized spacial score (nSPS) is 21.8. The lowest BCUT2D eigenvalue weighted by atomic mass is 9.95. The van der Waals surface area contributed by atoms with E-state index in [0.717, 1.165) is 25.0 Å². The Morgan fingerprint density at radius 3 is 2.59 bits per heavy atom. The summed E-state index contributed by atoms with van der Waals surface area (Å²) in [6.07, 6.45) is 1.24. The van der Waals surface area contributed by atoms with Crippen LogP contribution in [-0.2, 0) is 6.18 Å². The van der Waals surface area contributed by atoms with Crippen LogP contribution in [0.5, 0.6) is 0 Å². The van der Waals surface area contributed by atoms with Crippen LogP contribution < -0.4 is 15.3 Å². The van der Waals surface area contributed by atoms with E-state index in [9.17, 15) is 18.0 Å². The van der Waals surface area contributed by atoms with Gasteiger partial charge >= 0.3 is 6.18 Å². The number of amides is 1. The molecule has 2 aromatic heterocycles. The molecule has 2 bridgehead atoms. The first-order valence-electron chi connectivity index (χ1n) is 9.16. The van der Waals surface area contributed by atoms with Crippen LogP contribution >= 0.6 is 0 Å². The second-order valence-electron chi connectivity index (χ2n) is 7.27. The number of nitrogens with zero attached hydrogens (tertiary/aromatic N) is 5. The first kappa shape index (κ1) is 19.4. The number of anilines is 2. The lowest BCUT2D eigenvalue weighted by Crippen LogP contribution is -2.44. The third kappa shape index (κ3) is 3.95. The predicted octanol–water partition coefficient (Wildman–Crippen LogP) is 2.11. The predicted molar refractivity (Wildman–Crippen MR) is 96.6 cm³/mol. The quantitative estimate of drug-likeness (QED) is 0.593. The second kappa shape index (κ2) is 7.47. The molecule has 2 N–H and O–H groups in total. The monoisotopic (exact) mass is 408 g/mol. The van der Waals surface area contributed by atoms with E-state index in [1.54, 1.807) is 0 Å². The van der Waals surface area contributed by atoms with E-state index in [1.807, 2.05) is 9.80 Å². The van der Waals surface area contributed by atoms with Crippen molar-refractivity contribution in [2.24, 2.45) is 5.92 Å². The van der Waals surface area contributed by atoms with Gasteiger partial charge in [0.15, 0.2) is 0 Å². The van der Waals surface area contributed by atoms with Crippen molar-refractivity contribution in [3.05, 3.63) is 41.9 Å². The van der Waals surface area contributed by atoms with Crippen LogP contribution in [0.2, 0.25) is 0 Å². The van der Waals surface area contributed by atoms with Gasteiger partial charge in [0.25, 0.3) is 5.91 Å². The zero-order valence-corrected chi connectivity index (χ0v) is 15.3. The molecule has 3 aliphatic rings. The maximum Gasteiger partial charge on any atom is 0.416 e. The Morgan fingerprint density at radius 2 is 1.90 bits per heavy atom. The Balaban J connectivity index is 1.56. The Hall–Kier alpha value is -2.95. The molecule has 2 aromatic rings. The number of hydroxylamine groups is 1. The fourth-order valence-electron chi connectivity index (χ4n) is 3.94. The summed E-state index contributed by atoms with van der Waals surface area (Å²) in [6.45, 7) is 1.82. The summed E-state index contributed by atoms with van der Waals surface area (Å²) in [5.41, 5.74) is 0.948. The number of carbonyl (C=O) groups excluding carboxylic acids is 1. The molecule has 29 heavy (non-hydrogen) atoms. The molecule has 3 saturated heterocycles. The van der Waals surface area contributed by atoms with Crippen LogP contribution in [0.15, 0.2) is 30.7 Å². The second-order valence-corrected chi connectivity index (χ2v) is 7.27. The molecular formula is C18H19F3N6O2. The van der Waals surface area contributed by atoms with Crippen molar-refractivity contribution in [1.82, 2.24) is 20.4 Å². The highest BCUT2D eigenvalue weighted by atomic mass is 19.4. The SMILES string of the molecule is O=C(NO)c1cnc(N2CC3CCC(C2)N(c2cc(C(F)(F)F)ccn2)C3)nc1. The largest absolute Gasteiger partial charge is 0.416 e. The maximum atomic E-state index is 13.1. The van der Waals surface area contributed by atoms with Crippen LogP contribution in [0.25, 0.3) is 0 Å². The Bertz CT molecular complexity index is 892. The molecule has 5 heterocycles. The van der Waals surface area contributed by atoms with Crippen LogP contribution in [0, 0.1) is 5.92 Å². The molecule has 0 aliphatic carbocycles. The minimum atomic E-state index is -4.41. The van der Waals surface area contributed by atoms with Gasteiger partial charge in [0, 0.05) is 44.3 Å². The van der Waals surface area contributed by atoms with Gasteiger partial charge in [-0.05, 0) is 30.9 Å². The first-order valence-corrected chi connectivity index (χ1v) is 9.16. The number of piperidine rings is 1. The van der Waals surface area contributed by atoms with E-state index < -0.39 is 17.6 Å². The number of pyridine rings is 1. The highest BCUT2D eigenvalue weighted by molar-refractivity contribution is 5.92. The van der Waals surface area contributed by atoms with Crippen molar-refractivity contribution in [2.75, 3.05) is 29.4 Å². The number of hydrogen-bond acceptors (Lipinski definition) is 7. The highest BCUT2D eigenvalue weighted by Gasteiger charge is 2.37. The van der Waals surface area contributed by atoms with Crippen molar-refractivity contribution < 1.29 is 23.2 Å². The molecule has 0 aromatic carbocycles. The van der Waals surface area contributed by atoms with Crippen LogP contribution in [0.1, 0.15) is 28.8 Å². The molecule has 0 saturated carbocycles. The molecule has 2 unspecified atom stereocenters. The number of nitrogens with one attached hydrogen (secondary N) is 1. The third-order valence-electron chi connectivity index (χ3n) is 5.37. The topological polar surface area (TPSA) is 94.5 Å². The van der Waals surface area contributed by atoms with Crippen molar-refractivity contribution in [2.45, 2.75) is 25.1 Å². The molecule has 11 heteroatoms. The lowest BCUT2D eigenvalue weighted by Gasteiger charge is -2.37. The van der Waals surface area contributed by atoms with Crippen LogP contribution in [0.3, 0.4) is 0 Å². The van der Waals surface area contributed by atoms with Gasteiger partial charge in [0.05, 0.1) is 11.1 Å². The molecule has 1 amide bonds. The summed E-state index contributed by atoms with van der Waals surface area (Å²) < 4.78 is 39.3. The van der Waals surface area contributed by atoms with Gasteiger partial charge in [0.1, 0.15) is 5.82 Å². The number of carbonyl (C=O) groups is 1. The molecule has 3 aliphatic heterocycles. The molecule has 2 atom stereocenters. The summed E-state index contributed by atoms with van der Waals surface area (Å²) in [6, 6.07) is 2.06. The van der Waals surface area contributed by atoms with E-state index in [-0.39, 0.29) is 17.5 Å². The number of hydrogen-bond donors (Lipinski definition) is 2. The van der Waals surface area contributed by atoms with Gasteiger partial charge in [-0.15, -0.1) is 0 Å². The summed E-state index contributed by atoms with van der Waals surface area (Å²) in [7, 11) is 0. The molecule has 0 radical (unpaired) electrons. The third-order valence-corrected chi connectivity index (χ3v) is 5.37. The van der Waals surface area contributed by atoms with E-state index in [4.69, 9.17) is 5.21 Å². The Morgan fingerprint density at radius 1 is 1.14 bits per heavy atom. The van der Waals surface area contributed by atoms with Crippen molar-refractivity contribution >= 4 is 17.7 Å². The summed E-state index contributed by atoms with van der Waals surface area (Å²) in [4.78, 5) is 28.0. The summed E-state index contributed by atoms with van der Waals surface area (Å²) in [5.74, 6) is 0.297. The zero-order valence-electron chi connectivity index (χ0n) is 15.3. The molecular weight excluding hydrogens is 389 g/mol. The van der Waals surface area contributed by atoms with Gasteiger partial charge in [-0.3, -0.25) is 10.0 Å². The summed E-state index contributed by atoms with van der Waals surface area (Å²) >= 11 is 0. The van der Waals surface area contributed by atoms with E-state index in [0.29, 0.717) is 31.4 Å². The fourth-order valence-corrected chi connectivity index (χ4v) is 3.94. The van der Waals surface area contributed by atoms with Gasteiger partial charge < -0.3 is 9.80 Å². The standard InChI is InChI=1S/C18H19F3N6O2/c19-18(20,21)13-3-4-22-15(5-13)27-9-11-1-2-14(27)10-26(8-11)17-23-6-12(7-24-17)16(28)25-29/h3-7,11,14,29H,1-2,8-10H2,(H,25,28). The number of alkyl halides is 3. The lowest BCUT2D eigenvalue weighted by molar-refractivity contribution is -0.137. The number of fused-ring (bicyclic) bond motifs is 4. The molecule has 8 nitrogen and oxygen atoms in total. The van der Waals surface area contributed by atoms with Gasteiger partial charge in [0.2, 0.25) is 5.95 Å². The maximum absolute atomic E-state index is 13.1. The van der Waals surface area contributed by atoms with Crippen LogP contribution in [-0.4, -0.2) is 51.7 Å². The van der Waals surface area contributed by atoms with Crippen LogP contribution in [0.4, 0.5) is 24.9 Å². The first-order chi connectivity index (χ1) is 13.8. The van der Waals surface area contributed by atoms with Crippen molar-refractivity contribution in [1.29, 1.82) is 0 Å². The average Bonchev–Trinajstić information content (AvgIpc) is 3.05. The van der Waals surface area contributed by atoms with Gasteiger partial charge in [-0.1, -0.05) is 0 Å². The zero-order chi connectivity index (χ0) is 20.6. The Kier molecular flexibility index (Phi) is 4.99. The van der Waals surface area contributed by atoms with E-state index >= 15 is 0 Å². The average molecular weight is 408 g/mol.